The minimum Gasteiger partial charge on any atom is -0.267 e. The number of hydrogen-bond donors (Lipinski definition) is 0. The molecule has 2 heteroatoms. The summed E-state index contributed by atoms with van der Waals surface area (Å²) in [6.07, 6.45) is 5.48. The van der Waals surface area contributed by atoms with Gasteiger partial charge in [0, 0.05) is 11.5 Å². The molecule has 0 aliphatic rings. The Morgan fingerprint density at radius 3 is 2.15 bits per heavy atom. The van der Waals surface area contributed by atoms with Crippen LogP contribution in [0.1, 0.15) is 37.5 Å². The third-order valence-electron chi connectivity index (χ3n) is 2.69. The molecule has 1 rings (SSSR count). The number of rotatable bonds is 3. The maximum Gasteiger partial charge on any atom is 0.0626 e. The van der Waals surface area contributed by atoms with Crippen LogP contribution in [0.2, 0.25) is 0 Å². The highest BCUT2D eigenvalue weighted by atomic mass is 28.1. The van der Waals surface area contributed by atoms with Crippen LogP contribution in [0.3, 0.4) is 0 Å². The van der Waals surface area contributed by atoms with E-state index in [0.717, 1.165) is 29.5 Å². The first kappa shape index (κ1) is 10.4. The molecule has 0 N–H and O–H groups in total. The van der Waals surface area contributed by atoms with Gasteiger partial charge in [0.05, 0.1) is 10.2 Å². The molecule has 0 spiro atoms. The third-order valence-corrected chi connectivity index (χ3v) is 3.55. The van der Waals surface area contributed by atoms with Gasteiger partial charge in [-0.1, -0.05) is 20.8 Å². The van der Waals surface area contributed by atoms with Crippen molar-refractivity contribution in [2.75, 3.05) is 0 Å². The number of nitrogens with zero attached hydrogens (tertiary/aromatic N) is 1. The summed E-state index contributed by atoms with van der Waals surface area (Å²) < 4.78 is 0. The van der Waals surface area contributed by atoms with E-state index in [9.17, 15) is 0 Å². The average Bonchev–Trinajstić information content (AvgIpc) is 2.17. The number of aromatic nitrogens is 1. The van der Waals surface area contributed by atoms with E-state index in [-0.39, 0.29) is 0 Å². The largest absolute Gasteiger partial charge is 0.267 e. The van der Waals surface area contributed by atoms with Crippen LogP contribution in [0.4, 0.5) is 0 Å². The zero-order valence-electron chi connectivity index (χ0n) is 9.15. The van der Waals surface area contributed by atoms with Crippen LogP contribution in [-0.2, 0) is 19.3 Å². The van der Waals surface area contributed by atoms with Crippen LogP contribution in [-0.4, -0.2) is 15.2 Å². The number of hydrogen-bond acceptors (Lipinski definition) is 1. The third kappa shape index (κ3) is 1.99. The first-order chi connectivity index (χ1) is 6.24. The van der Waals surface area contributed by atoms with E-state index in [0.29, 0.717) is 0 Å². The summed E-state index contributed by atoms with van der Waals surface area (Å²) in [6.45, 7) is 6.69. The maximum absolute atomic E-state index is 4.49. The lowest BCUT2D eigenvalue weighted by atomic mass is 9.99. The quantitative estimate of drug-likeness (QED) is 0.646. The second kappa shape index (κ2) is 4.56. The molecule has 0 fully saturated rings. The van der Waals surface area contributed by atoms with Gasteiger partial charge < -0.3 is 0 Å². The van der Waals surface area contributed by atoms with Gasteiger partial charge in [-0.3, -0.25) is 4.98 Å². The van der Waals surface area contributed by atoms with Crippen molar-refractivity contribution in [1.29, 1.82) is 0 Å². The molecule has 0 radical (unpaired) electrons. The van der Waals surface area contributed by atoms with Crippen LogP contribution >= 0.6 is 0 Å². The van der Waals surface area contributed by atoms with Gasteiger partial charge in [-0.25, -0.2) is 0 Å². The van der Waals surface area contributed by atoms with Crippen molar-refractivity contribution in [1.82, 2.24) is 4.98 Å². The fourth-order valence-electron chi connectivity index (χ4n) is 1.96. The highest BCUT2D eigenvalue weighted by Crippen LogP contribution is 2.13. The van der Waals surface area contributed by atoms with Crippen molar-refractivity contribution in [3.8, 4) is 0 Å². The summed E-state index contributed by atoms with van der Waals surface area (Å²) in [4.78, 5) is 4.49. The van der Waals surface area contributed by atoms with Crippen molar-refractivity contribution < 1.29 is 0 Å². The van der Waals surface area contributed by atoms with Gasteiger partial charge in [0.15, 0.2) is 0 Å². The molecule has 1 aromatic rings. The van der Waals surface area contributed by atoms with E-state index in [2.05, 4.69) is 32.0 Å². The number of aryl methyl sites for hydroxylation is 1. The highest BCUT2D eigenvalue weighted by molar-refractivity contribution is 6.31. The monoisotopic (exact) mass is 193 g/mol. The van der Waals surface area contributed by atoms with Crippen molar-refractivity contribution in [2.24, 2.45) is 0 Å². The van der Waals surface area contributed by atoms with Gasteiger partial charge in [-0.15, -0.1) is 0 Å². The molecule has 0 saturated carbocycles. The lowest BCUT2D eigenvalue weighted by Gasteiger charge is -2.13. The minimum absolute atomic E-state index is 1.08. The van der Waals surface area contributed by atoms with Crippen LogP contribution in [0.5, 0.6) is 0 Å². The predicted molar refractivity (Wildman–Crippen MR) is 61.9 cm³/mol. The summed E-state index contributed by atoms with van der Waals surface area (Å²) in [5, 5.41) is 1.34. The molecule has 1 heterocycles. The van der Waals surface area contributed by atoms with Crippen LogP contribution in [0.15, 0.2) is 6.20 Å². The van der Waals surface area contributed by atoms with Gasteiger partial charge in [0.25, 0.3) is 0 Å². The van der Waals surface area contributed by atoms with Crippen molar-refractivity contribution >= 4 is 15.6 Å². The minimum atomic E-state index is 1.08. The maximum atomic E-state index is 4.49. The van der Waals surface area contributed by atoms with E-state index in [1.54, 1.807) is 5.56 Å². The first-order valence-electron chi connectivity index (χ1n) is 5.20. The molecule has 1 aromatic heterocycles. The molecule has 0 unspecified atom stereocenters. The Labute approximate surface area is 84.0 Å². The van der Waals surface area contributed by atoms with Crippen LogP contribution < -0.4 is 5.32 Å². The molecule has 72 valence electrons. The molecule has 0 aromatic carbocycles. The van der Waals surface area contributed by atoms with Crippen LogP contribution in [0, 0.1) is 0 Å². The van der Waals surface area contributed by atoms with E-state index in [1.165, 1.54) is 16.4 Å². The zero-order chi connectivity index (χ0) is 9.84. The van der Waals surface area contributed by atoms with Gasteiger partial charge in [-0.2, -0.15) is 0 Å². The molecular formula is C11H19NSi. The second-order valence-corrected chi connectivity index (χ2v) is 4.33. The average molecular weight is 193 g/mol. The Morgan fingerprint density at radius 1 is 1.08 bits per heavy atom. The van der Waals surface area contributed by atoms with Gasteiger partial charge >= 0.3 is 0 Å². The van der Waals surface area contributed by atoms with Crippen LogP contribution in [0.25, 0.3) is 0 Å². The smallest absolute Gasteiger partial charge is 0.0626 e. The Kier molecular flexibility index (Phi) is 3.67. The highest BCUT2D eigenvalue weighted by Gasteiger charge is 2.07. The normalized spacial score (nSPS) is 10.7. The van der Waals surface area contributed by atoms with Crippen molar-refractivity contribution in [3.05, 3.63) is 22.9 Å². The lowest BCUT2D eigenvalue weighted by molar-refractivity contribution is 0.967. The van der Waals surface area contributed by atoms with Gasteiger partial charge in [-0.05, 0) is 36.0 Å². The standard InChI is InChI=1S/C11H19NSi/c1-4-8-7-12-11(13)10(6-3)9(8)5-2/h7H,4-6H2,1-3,13H3. The Hall–Kier alpha value is -0.633. The molecule has 0 saturated heterocycles. The van der Waals surface area contributed by atoms with E-state index < -0.39 is 0 Å². The summed E-state index contributed by atoms with van der Waals surface area (Å²) in [5.41, 5.74) is 4.53. The summed E-state index contributed by atoms with van der Waals surface area (Å²) in [5.74, 6) is 0. The molecule has 13 heavy (non-hydrogen) atoms. The fraction of sp³-hybridized carbons (Fsp3) is 0.545. The molecule has 1 nitrogen and oxygen atoms in total. The van der Waals surface area contributed by atoms with E-state index >= 15 is 0 Å². The van der Waals surface area contributed by atoms with Crippen molar-refractivity contribution in [2.45, 2.75) is 40.0 Å². The molecule has 0 bridgehead atoms. The molecule has 0 aliphatic carbocycles. The SMILES string of the molecule is CCc1cnc([SiH3])c(CC)c1CC. The first-order valence-corrected chi connectivity index (χ1v) is 6.20. The predicted octanol–water partition coefficient (Wildman–Crippen LogP) is 0.760. The molecule has 0 aliphatic heterocycles. The molecule has 0 atom stereocenters. The number of pyridine rings is 1. The Bertz CT molecular complexity index is 294. The fourth-order valence-corrected chi connectivity index (χ4v) is 2.74. The summed E-state index contributed by atoms with van der Waals surface area (Å²) in [6, 6.07) is 0. The van der Waals surface area contributed by atoms with E-state index in [4.69, 9.17) is 0 Å². The van der Waals surface area contributed by atoms with Gasteiger partial charge in [0.1, 0.15) is 0 Å². The topological polar surface area (TPSA) is 12.9 Å². The Balaban J connectivity index is 3.27. The molecule has 0 amide bonds. The summed E-state index contributed by atoms with van der Waals surface area (Å²) >= 11 is 0. The Morgan fingerprint density at radius 2 is 1.69 bits per heavy atom. The van der Waals surface area contributed by atoms with Crippen molar-refractivity contribution in [3.63, 3.8) is 0 Å². The zero-order valence-corrected chi connectivity index (χ0v) is 11.1. The summed E-state index contributed by atoms with van der Waals surface area (Å²) in [7, 11) is 1.08. The van der Waals surface area contributed by atoms with Gasteiger partial charge in [0.2, 0.25) is 0 Å². The molecular weight excluding hydrogens is 174 g/mol. The second-order valence-electron chi connectivity index (χ2n) is 3.39. The van der Waals surface area contributed by atoms with E-state index in [1.807, 2.05) is 0 Å². The lowest BCUT2D eigenvalue weighted by Crippen LogP contribution is -2.18.